The third-order valence-electron chi connectivity index (χ3n) is 2.46. The van der Waals surface area contributed by atoms with Crippen molar-refractivity contribution < 1.29 is 14.2 Å². The van der Waals surface area contributed by atoms with Crippen LogP contribution < -0.4 is 5.69 Å². The molecule has 1 aliphatic rings. The maximum absolute atomic E-state index is 13.6. The summed E-state index contributed by atoms with van der Waals surface area (Å²) in [5.74, 6) is 0. The summed E-state index contributed by atoms with van der Waals surface area (Å²) in [5.41, 5.74) is -0.515. The molecule has 0 bridgehead atoms. The molecule has 1 saturated heterocycles. The fraction of sp³-hybridized carbons (Fsp3) is 0.556. The van der Waals surface area contributed by atoms with Crippen LogP contribution >= 0.6 is 12.2 Å². The van der Waals surface area contributed by atoms with E-state index >= 15 is 0 Å². The molecule has 2 heterocycles. The average molecular weight is 246 g/mol. The van der Waals surface area contributed by atoms with Gasteiger partial charge in [0.05, 0.1) is 12.7 Å². The number of aliphatic hydroxyl groups is 1. The number of hydrogen-bond acceptors (Lipinski definition) is 4. The van der Waals surface area contributed by atoms with Crippen LogP contribution in [0.3, 0.4) is 0 Å². The van der Waals surface area contributed by atoms with E-state index in [1.54, 1.807) is 0 Å². The van der Waals surface area contributed by atoms with Crippen molar-refractivity contribution in [2.75, 3.05) is 6.61 Å². The molecule has 0 radical (unpaired) electrons. The molecule has 1 aromatic heterocycles. The molecule has 1 aromatic rings. The van der Waals surface area contributed by atoms with Gasteiger partial charge in [0.2, 0.25) is 0 Å². The Morgan fingerprint density at radius 1 is 1.75 bits per heavy atom. The minimum absolute atomic E-state index is 0.0865. The lowest BCUT2D eigenvalue weighted by molar-refractivity contribution is -0.0394. The molecule has 2 rings (SSSR count). The van der Waals surface area contributed by atoms with Gasteiger partial charge in [-0.1, -0.05) is 12.2 Å². The van der Waals surface area contributed by atoms with Gasteiger partial charge in [-0.15, -0.1) is 0 Å². The Morgan fingerprint density at radius 3 is 3.06 bits per heavy atom. The first-order valence-corrected chi connectivity index (χ1v) is 5.24. The van der Waals surface area contributed by atoms with Gasteiger partial charge in [0.15, 0.2) is 6.23 Å². The predicted molar refractivity (Wildman–Crippen MR) is 56.4 cm³/mol. The van der Waals surface area contributed by atoms with E-state index in [0.29, 0.717) is 0 Å². The van der Waals surface area contributed by atoms with E-state index in [9.17, 15) is 9.18 Å². The number of aliphatic hydroxyl groups excluding tert-OH is 1. The molecular weight excluding hydrogens is 235 g/mol. The number of halogens is 1. The van der Waals surface area contributed by atoms with Gasteiger partial charge in [-0.2, -0.15) is 0 Å². The zero-order valence-corrected chi connectivity index (χ0v) is 9.11. The molecule has 7 heteroatoms. The first kappa shape index (κ1) is 11.4. The normalized spacial score (nSPS) is 29.5. The van der Waals surface area contributed by atoms with Gasteiger partial charge in [0, 0.05) is 12.6 Å². The lowest BCUT2D eigenvalue weighted by atomic mass is 10.2. The minimum Gasteiger partial charge on any atom is -0.394 e. The quantitative estimate of drug-likeness (QED) is 0.747. The number of aromatic amines is 1. The maximum atomic E-state index is 13.6. The number of nitrogens with zero attached hydrogens (tertiary/aromatic N) is 1. The molecule has 0 spiro atoms. The van der Waals surface area contributed by atoms with Crippen LogP contribution in [0.5, 0.6) is 0 Å². The standard InChI is InChI=1S/C9H11FN2O3S/c10-6-3-5(4-13)15-8(6)12-2-1-7(16)11-9(12)14/h1-2,5-6,8,13H,3-4H2,(H,11,14,16)/t5-,6?,8+/m0/s1. The third kappa shape index (κ3) is 2.06. The summed E-state index contributed by atoms with van der Waals surface area (Å²) in [7, 11) is 0. The minimum atomic E-state index is -1.31. The van der Waals surface area contributed by atoms with Crippen LogP contribution in [0.2, 0.25) is 0 Å². The van der Waals surface area contributed by atoms with Gasteiger partial charge < -0.3 is 9.84 Å². The van der Waals surface area contributed by atoms with E-state index in [2.05, 4.69) is 4.98 Å². The lowest BCUT2D eigenvalue weighted by Gasteiger charge is -2.15. The zero-order chi connectivity index (χ0) is 11.7. The highest BCUT2D eigenvalue weighted by molar-refractivity contribution is 7.71. The molecular formula is C9H11FN2O3S. The van der Waals surface area contributed by atoms with Gasteiger partial charge in [0.25, 0.3) is 0 Å². The highest BCUT2D eigenvalue weighted by atomic mass is 32.1. The van der Waals surface area contributed by atoms with E-state index in [1.807, 2.05) is 0 Å². The summed E-state index contributed by atoms with van der Waals surface area (Å²) in [6.07, 6.45) is -1.38. The molecule has 0 aromatic carbocycles. The van der Waals surface area contributed by atoms with Gasteiger partial charge in [-0.25, -0.2) is 9.18 Å². The van der Waals surface area contributed by atoms with Gasteiger partial charge in [-0.05, 0) is 6.07 Å². The van der Waals surface area contributed by atoms with Gasteiger partial charge in [0.1, 0.15) is 10.8 Å². The highest BCUT2D eigenvalue weighted by Gasteiger charge is 2.36. The summed E-state index contributed by atoms with van der Waals surface area (Å²) in [4.78, 5) is 13.9. The second-order valence-corrected chi connectivity index (χ2v) is 4.04. The Morgan fingerprint density at radius 2 is 2.50 bits per heavy atom. The fourth-order valence-corrected chi connectivity index (χ4v) is 1.84. The van der Waals surface area contributed by atoms with Crippen LogP contribution in [0.15, 0.2) is 17.1 Å². The molecule has 0 saturated carbocycles. The van der Waals surface area contributed by atoms with Crippen molar-refractivity contribution in [2.24, 2.45) is 0 Å². The Labute approximate surface area is 95.5 Å². The molecule has 3 atom stereocenters. The maximum Gasteiger partial charge on any atom is 0.328 e. The Kier molecular flexibility index (Phi) is 3.17. The Bertz CT molecular complexity index is 486. The molecule has 1 fully saturated rings. The van der Waals surface area contributed by atoms with Crippen molar-refractivity contribution in [3.8, 4) is 0 Å². The average Bonchev–Trinajstić information content (AvgIpc) is 2.60. The fourth-order valence-electron chi connectivity index (χ4n) is 1.69. The smallest absolute Gasteiger partial charge is 0.328 e. The SMILES string of the molecule is O=c1[nH]c(=S)ccn1[C@@H]1O[C@H](CO)CC1F. The summed E-state index contributed by atoms with van der Waals surface area (Å²) >= 11 is 4.77. The predicted octanol–water partition coefficient (Wildman–Crippen LogP) is 0.524. The van der Waals surface area contributed by atoms with E-state index in [4.69, 9.17) is 22.1 Å². The molecule has 16 heavy (non-hydrogen) atoms. The summed E-state index contributed by atoms with van der Waals surface area (Å²) in [6, 6.07) is 1.49. The molecule has 0 aliphatic carbocycles. The van der Waals surface area contributed by atoms with Crippen molar-refractivity contribution >= 4 is 12.2 Å². The highest BCUT2D eigenvalue weighted by Crippen LogP contribution is 2.29. The second-order valence-electron chi connectivity index (χ2n) is 3.60. The van der Waals surface area contributed by atoms with Crippen LogP contribution in [-0.4, -0.2) is 33.5 Å². The number of rotatable bonds is 2. The molecule has 0 amide bonds. The van der Waals surface area contributed by atoms with Crippen LogP contribution in [0.1, 0.15) is 12.6 Å². The van der Waals surface area contributed by atoms with Crippen molar-refractivity contribution in [1.82, 2.24) is 9.55 Å². The van der Waals surface area contributed by atoms with Gasteiger partial charge >= 0.3 is 5.69 Å². The number of ether oxygens (including phenoxy) is 1. The van der Waals surface area contributed by atoms with E-state index in [-0.39, 0.29) is 17.7 Å². The third-order valence-corrected chi connectivity index (χ3v) is 2.70. The molecule has 2 N–H and O–H groups in total. The molecule has 1 aliphatic heterocycles. The van der Waals surface area contributed by atoms with Crippen LogP contribution in [0, 0.1) is 4.64 Å². The second kappa shape index (κ2) is 4.44. The van der Waals surface area contributed by atoms with Crippen molar-refractivity contribution in [3.05, 3.63) is 27.4 Å². The lowest BCUT2D eigenvalue weighted by Crippen LogP contribution is -2.30. The number of H-pyrrole nitrogens is 1. The molecule has 5 nitrogen and oxygen atoms in total. The summed E-state index contributed by atoms with van der Waals surface area (Å²) in [6.45, 7) is -0.255. The Hall–Kier alpha value is -1.05. The monoisotopic (exact) mass is 246 g/mol. The van der Waals surface area contributed by atoms with Crippen molar-refractivity contribution in [3.63, 3.8) is 0 Å². The van der Waals surface area contributed by atoms with Crippen LogP contribution in [-0.2, 0) is 4.74 Å². The van der Waals surface area contributed by atoms with Crippen molar-refractivity contribution in [1.29, 1.82) is 0 Å². The Balaban J connectivity index is 2.31. The number of hydrogen-bond donors (Lipinski definition) is 2. The topological polar surface area (TPSA) is 67.2 Å². The largest absolute Gasteiger partial charge is 0.394 e. The number of nitrogens with one attached hydrogen (secondary N) is 1. The van der Waals surface area contributed by atoms with Crippen molar-refractivity contribution in [2.45, 2.75) is 24.9 Å². The van der Waals surface area contributed by atoms with E-state index in [1.165, 1.54) is 12.3 Å². The summed E-state index contributed by atoms with van der Waals surface area (Å²) in [5, 5.41) is 8.86. The van der Waals surface area contributed by atoms with Gasteiger partial charge in [-0.3, -0.25) is 9.55 Å². The molecule has 88 valence electrons. The number of alkyl halides is 1. The molecule has 1 unspecified atom stereocenters. The number of aromatic nitrogens is 2. The van der Waals surface area contributed by atoms with Crippen LogP contribution in [0.25, 0.3) is 0 Å². The van der Waals surface area contributed by atoms with Crippen LogP contribution in [0.4, 0.5) is 4.39 Å². The van der Waals surface area contributed by atoms with E-state index < -0.39 is 24.2 Å². The first-order chi connectivity index (χ1) is 7.61. The van der Waals surface area contributed by atoms with E-state index in [0.717, 1.165) is 4.57 Å². The summed E-state index contributed by atoms with van der Waals surface area (Å²) < 4.78 is 20.2. The first-order valence-electron chi connectivity index (χ1n) is 4.83. The zero-order valence-electron chi connectivity index (χ0n) is 8.30.